The molecule has 1 aliphatic heterocycles. The number of benzene rings is 1. The predicted octanol–water partition coefficient (Wildman–Crippen LogP) is 6.84. The van der Waals surface area contributed by atoms with Crippen LogP contribution in [-0.4, -0.2) is 55.1 Å². The fourth-order valence-electron chi connectivity index (χ4n) is 6.17. The Bertz CT molecular complexity index is 1400. The fourth-order valence-corrected chi connectivity index (χ4v) is 6.69. The maximum atomic E-state index is 14.0. The number of amides is 1. The van der Waals surface area contributed by atoms with Gasteiger partial charge in [-0.3, -0.25) is 4.79 Å². The highest BCUT2D eigenvalue weighted by Gasteiger charge is 2.51. The van der Waals surface area contributed by atoms with Gasteiger partial charge in [-0.1, -0.05) is 27.2 Å². The topological polar surface area (TPSA) is 99.2 Å². The molecule has 3 rings (SSSR count). The number of alkyl halides is 6. The zero-order chi connectivity index (χ0) is 34.4. The quantitative estimate of drug-likeness (QED) is 0.135. The van der Waals surface area contributed by atoms with E-state index in [1.54, 1.807) is 20.8 Å². The number of carbonyl (C=O) groups is 2. The number of hydrogen-bond donors (Lipinski definition) is 0. The number of fused-ring (bicyclic) bond motifs is 1. The summed E-state index contributed by atoms with van der Waals surface area (Å²) < 4.78 is 122. The molecule has 2 aliphatic rings. The molecule has 0 spiro atoms. The average molecular weight is 674 g/mol. The summed E-state index contributed by atoms with van der Waals surface area (Å²) in [5, 5.41) is 0. The first kappa shape index (κ1) is 36.9. The van der Waals surface area contributed by atoms with E-state index in [1.807, 2.05) is 20.8 Å². The molecular formula is C30H41F6NO7S. The third-order valence-electron chi connectivity index (χ3n) is 8.42. The highest BCUT2D eigenvalue weighted by atomic mass is 32.2. The number of rotatable bonds is 7. The van der Waals surface area contributed by atoms with Gasteiger partial charge in [-0.2, -0.15) is 34.8 Å². The molecule has 8 nitrogen and oxygen atoms in total. The van der Waals surface area contributed by atoms with Gasteiger partial charge in [0.2, 0.25) is 0 Å². The van der Waals surface area contributed by atoms with E-state index in [1.165, 1.54) is 13.8 Å². The zero-order valence-corrected chi connectivity index (χ0v) is 27.4. The molecule has 0 N–H and O–H groups in total. The van der Waals surface area contributed by atoms with Crippen molar-refractivity contribution in [1.29, 1.82) is 0 Å². The molecule has 0 aromatic heterocycles. The Morgan fingerprint density at radius 1 is 0.956 bits per heavy atom. The number of ether oxygens (including phenoxy) is 2. The summed E-state index contributed by atoms with van der Waals surface area (Å²) in [7, 11) is -6.32. The first-order chi connectivity index (χ1) is 20.4. The molecular weight excluding hydrogens is 632 g/mol. The Balaban J connectivity index is 2.25. The van der Waals surface area contributed by atoms with Crippen LogP contribution in [0.25, 0.3) is 0 Å². The summed E-state index contributed by atoms with van der Waals surface area (Å²) in [6, 6.07) is 0. The molecule has 1 aliphatic carbocycles. The fraction of sp³-hybridized carbons (Fsp3) is 0.733. The Hall–Kier alpha value is -2.55. The third kappa shape index (κ3) is 8.25. The molecule has 0 bridgehead atoms. The highest BCUT2D eigenvalue weighted by molar-refractivity contribution is 7.88. The number of nitrogens with zero attached hydrogens (tertiary/aromatic N) is 1. The molecule has 1 unspecified atom stereocenters. The van der Waals surface area contributed by atoms with Crippen LogP contribution < -0.4 is 4.18 Å². The van der Waals surface area contributed by atoms with Crippen molar-refractivity contribution in [2.45, 2.75) is 117 Å². The number of hydrogen-bond acceptors (Lipinski definition) is 7. The molecule has 256 valence electrons. The smallest absolute Gasteiger partial charge is 0.460 e. The molecule has 15 heteroatoms. The Kier molecular flexibility index (Phi) is 10.6. The van der Waals surface area contributed by atoms with Crippen LogP contribution in [0.3, 0.4) is 0 Å². The van der Waals surface area contributed by atoms with Crippen molar-refractivity contribution in [3.05, 3.63) is 27.8 Å². The van der Waals surface area contributed by atoms with E-state index in [0.29, 0.717) is 16.9 Å². The second kappa shape index (κ2) is 12.9. The maximum absolute atomic E-state index is 14.0. The third-order valence-corrected chi connectivity index (χ3v) is 9.38. The first-order valence-corrected chi connectivity index (χ1v) is 16.2. The van der Waals surface area contributed by atoms with Gasteiger partial charge in [0.1, 0.15) is 6.10 Å². The lowest BCUT2D eigenvalue weighted by Gasteiger charge is -2.38. The number of halogens is 6. The Labute approximate surface area is 259 Å². The standard InChI is InChI=1S/C30H41F6NO7S/c1-15(2)19-10-9-16(3)13-22(19)42-26(38)25(43-28(6,7)8)23-17(4)20-11-12-37(27(39)29(31,32)33)14-21(20)18(5)24(23)44-45(40,41)30(34,35)36/h15-16,19,22,25H,9-14H2,1-8H3/t16-,19+,22-,25?/m1/s1. The summed E-state index contributed by atoms with van der Waals surface area (Å²) in [6.07, 6.45) is -5.43. The Morgan fingerprint density at radius 3 is 2.07 bits per heavy atom. The largest absolute Gasteiger partial charge is 0.534 e. The number of esters is 1. The van der Waals surface area contributed by atoms with Crippen LogP contribution in [0.1, 0.15) is 94.7 Å². The van der Waals surface area contributed by atoms with Crippen LogP contribution in [0, 0.1) is 31.6 Å². The van der Waals surface area contributed by atoms with Crippen molar-refractivity contribution in [2.75, 3.05) is 6.54 Å². The second-order valence-electron chi connectivity index (χ2n) is 13.3. The van der Waals surface area contributed by atoms with E-state index < -0.39 is 63.8 Å². The van der Waals surface area contributed by atoms with Gasteiger partial charge in [0.05, 0.1) is 5.60 Å². The van der Waals surface area contributed by atoms with Gasteiger partial charge >= 0.3 is 33.7 Å². The van der Waals surface area contributed by atoms with Gasteiger partial charge in [-0.15, -0.1) is 0 Å². The summed E-state index contributed by atoms with van der Waals surface area (Å²) in [5.74, 6) is -3.66. The molecule has 1 saturated carbocycles. The highest BCUT2D eigenvalue weighted by Crippen LogP contribution is 2.45. The summed E-state index contributed by atoms with van der Waals surface area (Å²) in [4.78, 5) is 26.5. The van der Waals surface area contributed by atoms with Crippen LogP contribution in [0.15, 0.2) is 0 Å². The van der Waals surface area contributed by atoms with Gasteiger partial charge in [0, 0.05) is 18.7 Å². The van der Waals surface area contributed by atoms with E-state index in [2.05, 4.69) is 4.18 Å². The molecule has 4 atom stereocenters. The second-order valence-corrected chi connectivity index (χ2v) is 14.9. The molecule has 1 amide bonds. The SMILES string of the molecule is Cc1c2c(c(C)c(C(OC(C)(C)C)C(=O)O[C@@H]3C[C@H](C)CC[C@H]3C(C)C)c1OS(=O)(=O)C(F)(F)F)CCN(C(=O)C(F)(F)F)C2. The monoisotopic (exact) mass is 673 g/mol. The lowest BCUT2D eigenvalue weighted by Crippen LogP contribution is -2.44. The molecule has 1 aromatic carbocycles. The van der Waals surface area contributed by atoms with Crippen molar-refractivity contribution >= 4 is 22.0 Å². The Morgan fingerprint density at radius 2 is 1.56 bits per heavy atom. The summed E-state index contributed by atoms with van der Waals surface area (Å²) in [6.45, 7) is 12.3. The van der Waals surface area contributed by atoms with Crippen molar-refractivity contribution in [1.82, 2.24) is 4.90 Å². The molecule has 45 heavy (non-hydrogen) atoms. The molecule has 1 aromatic rings. The molecule has 0 radical (unpaired) electrons. The van der Waals surface area contributed by atoms with Crippen molar-refractivity contribution in [2.24, 2.45) is 17.8 Å². The van der Waals surface area contributed by atoms with Crippen LogP contribution >= 0.6 is 0 Å². The predicted molar refractivity (Wildman–Crippen MR) is 151 cm³/mol. The normalized spacial score (nSPS) is 22.2. The number of carbonyl (C=O) groups excluding carboxylic acids is 2. The van der Waals surface area contributed by atoms with Gasteiger partial charge < -0.3 is 18.6 Å². The van der Waals surface area contributed by atoms with E-state index in [4.69, 9.17) is 9.47 Å². The molecule has 1 heterocycles. The first-order valence-electron chi connectivity index (χ1n) is 14.8. The zero-order valence-electron chi connectivity index (χ0n) is 26.6. The van der Waals surface area contributed by atoms with Crippen LogP contribution in [-0.2, 0) is 42.1 Å². The average Bonchev–Trinajstić information content (AvgIpc) is 2.88. The van der Waals surface area contributed by atoms with Crippen molar-refractivity contribution < 1.29 is 58.0 Å². The van der Waals surface area contributed by atoms with E-state index in [9.17, 15) is 44.3 Å². The van der Waals surface area contributed by atoms with Crippen molar-refractivity contribution in [3.8, 4) is 5.75 Å². The van der Waals surface area contributed by atoms with E-state index in [0.717, 1.165) is 12.8 Å². The summed E-state index contributed by atoms with van der Waals surface area (Å²) in [5.41, 5.74) is -7.18. The lowest BCUT2D eigenvalue weighted by atomic mass is 9.75. The van der Waals surface area contributed by atoms with Gasteiger partial charge in [-0.05, 0) is 93.9 Å². The minimum atomic E-state index is -6.32. The summed E-state index contributed by atoms with van der Waals surface area (Å²) >= 11 is 0. The van der Waals surface area contributed by atoms with Crippen molar-refractivity contribution in [3.63, 3.8) is 0 Å². The van der Waals surface area contributed by atoms with E-state index in [-0.39, 0.29) is 53.0 Å². The maximum Gasteiger partial charge on any atom is 0.534 e. The minimum Gasteiger partial charge on any atom is -0.460 e. The van der Waals surface area contributed by atoms with Crippen LogP contribution in [0.2, 0.25) is 0 Å². The molecule has 1 fully saturated rings. The molecule has 0 saturated heterocycles. The lowest BCUT2D eigenvalue weighted by molar-refractivity contribution is -0.186. The minimum absolute atomic E-state index is 0.00900. The van der Waals surface area contributed by atoms with Gasteiger partial charge in [0.15, 0.2) is 11.9 Å². The van der Waals surface area contributed by atoms with Gasteiger partial charge in [-0.25, -0.2) is 4.79 Å². The van der Waals surface area contributed by atoms with E-state index >= 15 is 0 Å². The van der Waals surface area contributed by atoms with Gasteiger partial charge in [0.25, 0.3) is 0 Å². The van der Waals surface area contributed by atoms with Crippen LogP contribution in [0.4, 0.5) is 26.3 Å². The van der Waals surface area contributed by atoms with Crippen LogP contribution in [0.5, 0.6) is 5.75 Å².